The lowest BCUT2D eigenvalue weighted by Crippen LogP contribution is -2.48. The molecule has 0 aromatic heterocycles. The van der Waals surface area contributed by atoms with Crippen LogP contribution < -0.4 is 10.6 Å². The van der Waals surface area contributed by atoms with E-state index in [1.54, 1.807) is 0 Å². The summed E-state index contributed by atoms with van der Waals surface area (Å²) in [5.41, 5.74) is 0.996. The number of alkyl halides is 2. The zero-order valence-corrected chi connectivity index (χ0v) is 14.0. The van der Waals surface area contributed by atoms with Gasteiger partial charge in [0.05, 0.1) is 0 Å². The quantitative estimate of drug-likeness (QED) is 0.703. The number of rotatable bonds is 7. The summed E-state index contributed by atoms with van der Waals surface area (Å²) >= 11 is 0. The second kappa shape index (κ2) is 8.78. The Balaban J connectivity index is 1.86. The van der Waals surface area contributed by atoms with Crippen molar-refractivity contribution in [2.45, 2.75) is 63.0 Å². The van der Waals surface area contributed by atoms with Gasteiger partial charge in [0.25, 0.3) is 0 Å². The number of benzene rings is 1. The highest BCUT2D eigenvalue weighted by molar-refractivity contribution is 5.74. The maximum Gasteiger partial charge on any atom is 0.315 e. The van der Waals surface area contributed by atoms with Crippen molar-refractivity contribution in [1.29, 1.82) is 0 Å². The van der Waals surface area contributed by atoms with Crippen LogP contribution in [0, 0.1) is 0 Å². The molecule has 1 aliphatic carbocycles. The first kappa shape index (κ1) is 19.1. The third-order valence-electron chi connectivity index (χ3n) is 4.42. The van der Waals surface area contributed by atoms with Crippen molar-refractivity contribution in [2.75, 3.05) is 0 Å². The third kappa shape index (κ3) is 7.07. The number of carbonyl (C=O) groups excluding carboxylic acids is 1. The fraction of sp³-hybridized carbons (Fsp3) is 0.556. The van der Waals surface area contributed by atoms with Crippen LogP contribution in [0.4, 0.5) is 13.6 Å². The minimum atomic E-state index is -2.63. The number of carboxylic acids is 1. The predicted octanol–water partition coefficient (Wildman–Crippen LogP) is 3.34. The van der Waals surface area contributed by atoms with Gasteiger partial charge in [0.15, 0.2) is 0 Å². The lowest BCUT2D eigenvalue weighted by molar-refractivity contribution is -0.137. The number of aliphatic carboxylic acids is 1. The lowest BCUT2D eigenvalue weighted by atomic mass is 9.92. The predicted molar refractivity (Wildman–Crippen MR) is 89.7 cm³/mol. The summed E-state index contributed by atoms with van der Waals surface area (Å²) in [6, 6.07) is 8.45. The van der Waals surface area contributed by atoms with E-state index in [0.717, 1.165) is 5.56 Å². The van der Waals surface area contributed by atoms with E-state index < -0.39 is 17.9 Å². The van der Waals surface area contributed by atoms with Gasteiger partial charge in [0.2, 0.25) is 5.92 Å². The van der Waals surface area contributed by atoms with Crippen LogP contribution in [0.15, 0.2) is 30.3 Å². The molecule has 3 N–H and O–H groups in total. The summed E-state index contributed by atoms with van der Waals surface area (Å²) in [5.74, 6) is -3.55. The monoisotopic (exact) mass is 354 g/mol. The van der Waals surface area contributed by atoms with Crippen LogP contribution in [-0.4, -0.2) is 35.1 Å². The van der Waals surface area contributed by atoms with Crippen molar-refractivity contribution in [2.24, 2.45) is 0 Å². The van der Waals surface area contributed by atoms with Crippen molar-refractivity contribution in [1.82, 2.24) is 10.6 Å². The molecule has 1 fully saturated rings. The Morgan fingerprint density at radius 2 is 1.84 bits per heavy atom. The zero-order chi connectivity index (χ0) is 18.3. The molecule has 1 aliphatic rings. The average molecular weight is 354 g/mol. The number of carbonyl (C=O) groups is 2. The van der Waals surface area contributed by atoms with Crippen molar-refractivity contribution in [3.05, 3.63) is 35.9 Å². The van der Waals surface area contributed by atoms with Gasteiger partial charge in [0, 0.05) is 31.3 Å². The molecule has 1 aromatic rings. The lowest BCUT2D eigenvalue weighted by Gasteiger charge is -2.29. The van der Waals surface area contributed by atoms with Gasteiger partial charge in [-0.2, -0.15) is 0 Å². The minimum absolute atomic E-state index is 0.0482. The summed E-state index contributed by atoms with van der Waals surface area (Å²) in [4.78, 5) is 23.0. The Hall–Kier alpha value is -2.18. The van der Waals surface area contributed by atoms with Crippen molar-refractivity contribution in [3.8, 4) is 0 Å². The van der Waals surface area contributed by atoms with Crippen LogP contribution in [0.1, 0.15) is 44.1 Å². The Kier molecular flexibility index (Phi) is 6.73. The number of hydrogen-bond donors (Lipinski definition) is 3. The van der Waals surface area contributed by atoms with Crippen LogP contribution in [0.25, 0.3) is 0 Å². The minimum Gasteiger partial charge on any atom is -0.481 e. The van der Waals surface area contributed by atoms with Crippen LogP contribution in [0.5, 0.6) is 0 Å². The van der Waals surface area contributed by atoms with Gasteiger partial charge in [-0.3, -0.25) is 4.79 Å². The van der Waals surface area contributed by atoms with Gasteiger partial charge in [-0.05, 0) is 31.2 Å². The number of halogens is 2. The van der Waals surface area contributed by atoms with Gasteiger partial charge < -0.3 is 15.7 Å². The molecular weight excluding hydrogens is 330 g/mol. The maximum atomic E-state index is 13.2. The Bertz CT molecular complexity index is 571. The van der Waals surface area contributed by atoms with Gasteiger partial charge in [-0.25, -0.2) is 13.6 Å². The second-order valence-corrected chi connectivity index (χ2v) is 6.57. The highest BCUT2D eigenvalue weighted by atomic mass is 19.3. The summed E-state index contributed by atoms with van der Waals surface area (Å²) in [6.45, 7) is 0. The van der Waals surface area contributed by atoms with Crippen molar-refractivity contribution >= 4 is 12.0 Å². The molecule has 0 bridgehead atoms. The Morgan fingerprint density at radius 3 is 2.44 bits per heavy atom. The molecule has 0 spiro atoms. The highest BCUT2D eigenvalue weighted by Gasteiger charge is 2.35. The largest absolute Gasteiger partial charge is 0.481 e. The molecule has 7 heteroatoms. The van der Waals surface area contributed by atoms with Crippen LogP contribution in [-0.2, 0) is 11.2 Å². The molecule has 0 saturated heterocycles. The molecule has 1 aromatic carbocycles. The van der Waals surface area contributed by atoms with Crippen LogP contribution in [0.3, 0.4) is 0 Å². The van der Waals surface area contributed by atoms with E-state index in [2.05, 4.69) is 10.6 Å². The topological polar surface area (TPSA) is 78.4 Å². The summed E-state index contributed by atoms with van der Waals surface area (Å²) < 4.78 is 26.3. The number of urea groups is 1. The third-order valence-corrected chi connectivity index (χ3v) is 4.42. The van der Waals surface area contributed by atoms with Gasteiger partial charge in [0.1, 0.15) is 0 Å². The van der Waals surface area contributed by atoms with Gasteiger partial charge in [-0.1, -0.05) is 30.3 Å². The number of carboxylic acid groups (broad SMARTS) is 1. The standard InChI is InChI=1S/C18H24F2N2O3/c19-18(20)10-8-14(9-11-18)21-17(25)22-15(6-7-16(23)24)12-13-4-2-1-3-5-13/h1-5,14-15H,6-12H2,(H,23,24)(H2,21,22,25). The molecule has 1 unspecified atom stereocenters. The molecule has 1 atom stereocenters. The smallest absolute Gasteiger partial charge is 0.315 e. The van der Waals surface area contributed by atoms with Gasteiger partial charge >= 0.3 is 12.0 Å². The van der Waals surface area contributed by atoms with Crippen molar-refractivity contribution < 1.29 is 23.5 Å². The van der Waals surface area contributed by atoms with E-state index in [1.807, 2.05) is 30.3 Å². The van der Waals surface area contributed by atoms with Crippen LogP contribution >= 0.6 is 0 Å². The van der Waals surface area contributed by atoms with Gasteiger partial charge in [-0.15, -0.1) is 0 Å². The first-order chi connectivity index (χ1) is 11.8. The fourth-order valence-corrected chi connectivity index (χ4v) is 3.02. The molecule has 25 heavy (non-hydrogen) atoms. The normalized spacial score (nSPS) is 18.3. The average Bonchev–Trinajstić information content (AvgIpc) is 2.55. The highest BCUT2D eigenvalue weighted by Crippen LogP contribution is 2.32. The fourth-order valence-electron chi connectivity index (χ4n) is 3.02. The van der Waals surface area contributed by atoms with E-state index in [-0.39, 0.29) is 44.2 Å². The molecule has 0 heterocycles. The first-order valence-electron chi connectivity index (χ1n) is 8.55. The van der Waals surface area contributed by atoms with E-state index in [4.69, 9.17) is 5.11 Å². The molecule has 2 amide bonds. The van der Waals surface area contributed by atoms with E-state index in [0.29, 0.717) is 12.8 Å². The summed E-state index contributed by atoms with van der Waals surface area (Å²) in [7, 11) is 0. The molecule has 0 radical (unpaired) electrons. The number of hydrogen-bond acceptors (Lipinski definition) is 2. The SMILES string of the molecule is O=C(O)CCC(Cc1ccccc1)NC(=O)NC1CCC(F)(F)CC1. The van der Waals surface area contributed by atoms with Crippen LogP contribution in [0.2, 0.25) is 0 Å². The molecular formula is C18H24F2N2O3. The zero-order valence-electron chi connectivity index (χ0n) is 14.0. The molecule has 2 rings (SSSR count). The summed E-state index contributed by atoms with van der Waals surface area (Å²) in [6.07, 6.45) is 0.838. The first-order valence-corrected chi connectivity index (χ1v) is 8.55. The van der Waals surface area contributed by atoms with Crippen molar-refractivity contribution in [3.63, 3.8) is 0 Å². The van der Waals surface area contributed by atoms with E-state index in [1.165, 1.54) is 0 Å². The number of amides is 2. The van der Waals surface area contributed by atoms with E-state index in [9.17, 15) is 18.4 Å². The Labute approximate surface area is 145 Å². The molecule has 1 saturated carbocycles. The molecule has 0 aliphatic heterocycles. The number of nitrogens with one attached hydrogen (secondary N) is 2. The summed E-state index contributed by atoms with van der Waals surface area (Å²) in [5, 5.41) is 14.4. The molecule has 138 valence electrons. The molecule has 5 nitrogen and oxygen atoms in total. The second-order valence-electron chi connectivity index (χ2n) is 6.57. The maximum absolute atomic E-state index is 13.2. The van der Waals surface area contributed by atoms with E-state index >= 15 is 0 Å². The Morgan fingerprint density at radius 1 is 1.20 bits per heavy atom.